The molecule has 0 fully saturated rings. The van der Waals surface area contributed by atoms with E-state index in [4.69, 9.17) is 0 Å². The fourth-order valence-electron chi connectivity index (χ4n) is 1.46. The minimum Gasteiger partial charge on any atom is -0.361 e. The summed E-state index contributed by atoms with van der Waals surface area (Å²) in [6, 6.07) is 6.19. The van der Waals surface area contributed by atoms with Gasteiger partial charge >= 0.3 is 0 Å². The van der Waals surface area contributed by atoms with Gasteiger partial charge in [0, 0.05) is 11.0 Å². The van der Waals surface area contributed by atoms with Crippen molar-refractivity contribution < 1.29 is 0 Å². The summed E-state index contributed by atoms with van der Waals surface area (Å²) in [5, 5.41) is 4.45. The molecule has 0 saturated heterocycles. The zero-order chi connectivity index (χ0) is 12.4. The predicted molar refractivity (Wildman–Crippen MR) is 79.8 cm³/mol. The molecule has 17 heavy (non-hydrogen) atoms. The van der Waals surface area contributed by atoms with Crippen LogP contribution in [0.4, 0.5) is 5.13 Å². The molecule has 2 nitrogen and oxygen atoms in total. The lowest BCUT2D eigenvalue weighted by atomic mass is 9.98. The number of aromatic nitrogens is 1. The van der Waals surface area contributed by atoms with Crippen molar-refractivity contribution in [3.63, 3.8) is 0 Å². The average molecular weight is 313 g/mol. The Bertz CT molecular complexity index is 507. The third kappa shape index (κ3) is 3.19. The number of nitrogens with one attached hydrogen (secondary N) is 1. The summed E-state index contributed by atoms with van der Waals surface area (Å²) in [4.78, 5) is 4.57. The number of hydrogen-bond acceptors (Lipinski definition) is 3. The maximum absolute atomic E-state index is 4.57. The number of halogens is 1. The van der Waals surface area contributed by atoms with Gasteiger partial charge in [0.05, 0.1) is 10.2 Å². The van der Waals surface area contributed by atoms with E-state index in [0.29, 0.717) is 11.8 Å². The van der Waals surface area contributed by atoms with E-state index in [2.05, 4.69) is 53.1 Å². The molecule has 0 aliphatic heterocycles. The zero-order valence-corrected chi connectivity index (χ0v) is 12.7. The maximum atomic E-state index is 4.57. The standard InChI is InChI=1S/C13H17BrN2S/c1-8(2)9(3)7-15-13-16-11-5-4-10(14)6-12(11)17-13/h4-6,8-9H,7H2,1-3H3,(H,15,16). The third-order valence-corrected chi connectivity index (χ3v) is 4.53. The van der Waals surface area contributed by atoms with Crippen LogP contribution in [0.1, 0.15) is 20.8 Å². The quantitative estimate of drug-likeness (QED) is 0.880. The Balaban J connectivity index is 2.09. The Hall–Kier alpha value is -0.610. The molecule has 1 aromatic heterocycles. The van der Waals surface area contributed by atoms with E-state index in [1.807, 2.05) is 12.1 Å². The molecule has 2 rings (SSSR count). The van der Waals surface area contributed by atoms with Crippen LogP contribution in [0.25, 0.3) is 10.2 Å². The summed E-state index contributed by atoms with van der Waals surface area (Å²) >= 11 is 5.19. The number of rotatable bonds is 4. The van der Waals surface area contributed by atoms with Gasteiger partial charge in [0.2, 0.25) is 0 Å². The van der Waals surface area contributed by atoms with E-state index in [9.17, 15) is 0 Å². The van der Waals surface area contributed by atoms with Crippen molar-refractivity contribution in [1.29, 1.82) is 0 Å². The first kappa shape index (κ1) is 12.8. The molecular weight excluding hydrogens is 296 g/mol. The summed E-state index contributed by atoms with van der Waals surface area (Å²) in [6.45, 7) is 7.75. The van der Waals surface area contributed by atoms with Crippen LogP contribution in [0, 0.1) is 11.8 Å². The summed E-state index contributed by atoms with van der Waals surface area (Å²) in [6.07, 6.45) is 0. The van der Waals surface area contributed by atoms with E-state index >= 15 is 0 Å². The third-order valence-electron chi connectivity index (χ3n) is 3.06. The molecule has 0 amide bonds. The van der Waals surface area contributed by atoms with Crippen LogP contribution < -0.4 is 5.32 Å². The Kier molecular flexibility index (Phi) is 4.05. The number of thiazole rings is 1. The van der Waals surface area contributed by atoms with Crippen molar-refractivity contribution in [3.8, 4) is 0 Å². The summed E-state index contributed by atoms with van der Waals surface area (Å²) in [7, 11) is 0. The van der Waals surface area contributed by atoms with Crippen LogP contribution in [0.5, 0.6) is 0 Å². The molecule has 0 aliphatic carbocycles. The van der Waals surface area contributed by atoms with E-state index in [-0.39, 0.29) is 0 Å². The smallest absolute Gasteiger partial charge is 0.183 e. The number of hydrogen-bond donors (Lipinski definition) is 1. The lowest BCUT2D eigenvalue weighted by Crippen LogP contribution is -2.15. The Morgan fingerprint density at radius 1 is 1.35 bits per heavy atom. The van der Waals surface area contributed by atoms with Crippen LogP contribution in [-0.4, -0.2) is 11.5 Å². The van der Waals surface area contributed by atoms with Crippen LogP contribution >= 0.6 is 27.3 Å². The normalized spacial score (nSPS) is 13.2. The second kappa shape index (κ2) is 5.36. The highest BCUT2D eigenvalue weighted by atomic mass is 79.9. The highest BCUT2D eigenvalue weighted by Gasteiger charge is 2.08. The molecule has 0 aliphatic rings. The topological polar surface area (TPSA) is 24.9 Å². The van der Waals surface area contributed by atoms with Gasteiger partial charge in [-0.2, -0.15) is 0 Å². The van der Waals surface area contributed by atoms with Gasteiger partial charge in [0.15, 0.2) is 5.13 Å². The van der Waals surface area contributed by atoms with Crippen molar-refractivity contribution >= 4 is 42.6 Å². The van der Waals surface area contributed by atoms with Gasteiger partial charge in [-0.25, -0.2) is 4.98 Å². The molecule has 2 aromatic rings. The van der Waals surface area contributed by atoms with Crippen molar-refractivity contribution in [2.75, 3.05) is 11.9 Å². The van der Waals surface area contributed by atoms with E-state index < -0.39 is 0 Å². The Morgan fingerprint density at radius 3 is 2.82 bits per heavy atom. The fourth-order valence-corrected chi connectivity index (χ4v) is 2.88. The van der Waals surface area contributed by atoms with Crippen molar-refractivity contribution in [3.05, 3.63) is 22.7 Å². The number of benzene rings is 1. The lowest BCUT2D eigenvalue weighted by molar-refractivity contribution is 0.440. The first-order valence-corrected chi connectivity index (χ1v) is 7.47. The molecule has 1 N–H and O–H groups in total. The Morgan fingerprint density at radius 2 is 2.12 bits per heavy atom. The van der Waals surface area contributed by atoms with Crippen molar-refractivity contribution in [1.82, 2.24) is 4.98 Å². The second-order valence-corrected chi connectivity index (χ2v) is 6.68. The Labute approximate surface area is 115 Å². The van der Waals surface area contributed by atoms with Gasteiger partial charge in [-0.1, -0.05) is 48.0 Å². The summed E-state index contributed by atoms with van der Waals surface area (Å²) in [5.41, 5.74) is 1.07. The van der Waals surface area contributed by atoms with Gasteiger partial charge in [-0.3, -0.25) is 0 Å². The van der Waals surface area contributed by atoms with E-state index in [1.165, 1.54) is 4.70 Å². The number of nitrogens with zero attached hydrogens (tertiary/aromatic N) is 1. The fraction of sp³-hybridized carbons (Fsp3) is 0.462. The minimum absolute atomic E-state index is 0.661. The van der Waals surface area contributed by atoms with Crippen LogP contribution in [0.3, 0.4) is 0 Å². The number of fused-ring (bicyclic) bond motifs is 1. The molecule has 92 valence electrons. The van der Waals surface area contributed by atoms with Crippen LogP contribution in [-0.2, 0) is 0 Å². The molecule has 0 spiro atoms. The lowest BCUT2D eigenvalue weighted by Gasteiger charge is -2.15. The molecule has 1 unspecified atom stereocenters. The van der Waals surface area contributed by atoms with E-state index in [0.717, 1.165) is 21.7 Å². The molecule has 0 saturated carbocycles. The first-order valence-electron chi connectivity index (χ1n) is 5.86. The number of anilines is 1. The minimum atomic E-state index is 0.661. The van der Waals surface area contributed by atoms with Gasteiger partial charge in [-0.15, -0.1) is 0 Å². The molecule has 1 atom stereocenters. The molecule has 1 heterocycles. The van der Waals surface area contributed by atoms with E-state index in [1.54, 1.807) is 11.3 Å². The second-order valence-electron chi connectivity index (χ2n) is 4.73. The van der Waals surface area contributed by atoms with Gasteiger partial charge in [-0.05, 0) is 30.0 Å². The van der Waals surface area contributed by atoms with Crippen LogP contribution in [0.2, 0.25) is 0 Å². The predicted octanol–water partition coefficient (Wildman–Crippen LogP) is 4.76. The monoisotopic (exact) mass is 312 g/mol. The zero-order valence-electron chi connectivity index (χ0n) is 10.3. The molecule has 4 heteroatoms. The van der Waals surface area contributed by atoms with Gasteiger partial charge < -0.3 is 5.32 Å². The van der Waals surface area contributed by atoms with Gasteiger partial charge in [0.25, 0.3) is 0 Å². The van der Waals surface area contributed by atoms with Crippen molar-refractivity contribution in [2.45, 2.75) is 20.8 Å². The van der Waals surface area contributed by atoms with Gasteiger partial charge in [0.1, 0.15) is 0 Å². The molecule has 0 radical (unpaired) electrons. The highest BCUT2D eigenvalue weighted by Crippen LogP contribution is 2.28. The molecular formula is C13H17BrN2S. The van der Waals surface area contributed by atoms with Crippen LogP contribution in [0.15, 0.2) is 22.7 Å². The summed E-state index contributed by atoms with van der Waals surface area (Å²) in [5.74, 6) is 1.36. The van der Waals surface area contributed by atoms with Crippen molar-refractivity contribution in [2.24, 2.45) is 11.8 Å². The maximum Gasteiger partial charge on any atom is 0.183 e. The largest absolute Gasteiger partial charge is 0.361 e. The first-order chi connectivity index (χ1) is 8.06. The highest BCUT2D eigenvalue weighted by molar-refractivity contribution is 9.10. The molecule has 1 aromatic carbocycles. The molecule has 0 bridgehead atoms. The summed E-state index contributed by atoms with van der Waals surface area (Å²) < 4.78 is 2.33. The average Bonchev–Trinajstić information content (AvgIpc) is 2.67. The SMILES string of the molecule is CC(C)C(C)CNc1nc2ccc(Br)cc2s1.